The molecule has 6 nitrogen and oxygen atoms in total. The van der Waals surface area contributed by atoms with Crippen LogP contribution in [0, 0.1) is 0 Å². The summed E-state index contributed by atoms with van der Waals surface area (Å²) in [5.41, 5.74) is 7.33. The Morgan fingerprint density at radius 2 is 2.08 bits per heavy atom. The van der Waals surface area contributed by atoms with Crippen LogP contribution in [0.3, 0.4) is 0 Å². The molecule has 0 saturated heterocycles. The second kappa shape index (κ2) is 8.21. The zero-order valence-corrected chi connectivity index (χ0v) is 13.8. The van der Waals surface area contributed by atoms with Crippen LogP contribution in [0.4, 0.5) is 0 Å². The number of benzene rings is 1. The van der Waals surface area contributed by atoms with E-state index in [1.54, 1.807) is 49.7 Å². The average molecular weight is 327 g/mol. The Hall–Kier alpha value is -2.73. The number of hydrogen-bond acceptors (Lipinski definition) is 4. The lowest BCUT2D eigenvalue weighted by Crippen LogP contribution is -2.37. The molecule has 1 aromatic heterocycles. The van der Waals surface area contributed by atoms with E-state index >= 15 is 0 Å². The summed E-state index contributed by atoms with van der Waals surface area (Å²) in [5.74, 6) is -0.753. The van der Waals surface area contributed by atoms with Gasteiger partial charge in [-0.05, 0) is 30.7 Å². The number of nitrogens with zero attached hydrogens (tertiary/aromatic N) is 1. The number of nitrogens with two attached hydrogens (primary N) is 1. The van der Waals surface area contributed by atoms with Gasteiger partial charge in [-0.2, -0.15) is 0 Å². The van der Waals surface area contributed by atoms with Gasteiger partial charge >= 0.3 is 0 Å². The van der Waals surface area contributed by atoms with Crippen LogP contribution < -0.4 is 11.1 Å². The Kier molecular flexibility index (Phi) is 6.03. The molecule has 0 saturated carbocycles. The molecule has 0 spiro atoms. The van der Waals surface area contributed by atoms with Crippen LogP contribution in [0.25, 0.3) is 11.3 Å². The quantitative estimate of drug-likeness (QED) is 0.813. The fourth-order valence-electron chi connectivity index (χ4n) is 2.37. The molecule has 0 radical (unpaired) electrons. The molecule has 0 bridgehead atoms. The van der Waals surface area contributed by atoms with E-state index in [2.05, 4.69) is 10.3 Å². The maximum absolute atomic E-state index is 12.4. The van der Waals surface area contributed by atoms with Gasteiger partial charge in [0.15, 0.2) is 0 Å². The number of nitrogens with one attached hydrogen (secondary N) is 1. The molecule has 0 aliphatic rings. The number of pyridine rings is 1. The van der Waals surface area contributed by atoms with E-state index in [0.29, 0.717) is 29.0 Å². The fraction of sp³-hybridized carbons (Fsp3) is 0.278. The van der Waals surface area contributed by atoms with Gasteiger partial charge in [0.05, 0.1) is 23.9 Å². The van der Waals surface area contributed by atoms with Crippen LogP contribution in [0.5, 0.6) is 0 Å². The van der Waals surface area contributed by atoms with Crippen molar-refractivity contribution in [3.05, 3.63) is 53.7 Å². The van der Waals surface area contributed by atoms with Crippen LogP contribution in [0.2, 0.25) is 0 Å². The Balaban J connectivity index is 2.29. The summed E-state index contributed by atoms with van der Waals surface area (Å²) in [4.78, 5) is 28.2. The van der Waals surface area contributed by atoms with Crippen LogP contribution >= 0.6 is 0 Å². The molecule has 2 rings (SSSR count). The number of ether oxygens (including phenoxy) is 1. The first-order valence-corrected chi connectivity index (χ1v) is 7.71. The average Bonchev–Trinajstić information content (AvgIpc) is 2.61. The maximum atomic E-state index is 12.4. The second-order valence-corrected chi connectivity index (χ2v) is 5.38. The minimum atomic E-state index is -0.556. The van der Waals surface area contributed by atoms with Crippen molar-refractivity contribution in [2.24, 2.45) is 5.73 Å². The topological polar surface area (TPSA) is 94.3 Å². The summed E-state index contributed by atoms with van der Waals surface area (Å²) in [7, 11) is 1.60. The highest BCUT2D eigenvalue weighted by molar-refractivity contribution is 6.00. The van der Waals surface area contributed by atoms with Gasteiger partial charge in [-0.25, -0.2) is 0 Å². The highest BCUT2D eigenvalue weighted by Crippen LogP contribution is 2.22. The maximum Gasteiger partial charge on any atom is 0.251 e. The van der Waals surface area contributed by atoms with Crippen molar-refractivity contribution in [3.8, 4) is 11.3 Å². The Morgan fingerprint density at radius 1 is 1.29 bits per heavy atom. The van der Waals surface area contributed by atoms with Gasteiger partial charge in [0, 0.05) is 24.4 Å². The molecular formula is C18H21N3O3. The lowest BCUT2D eigenvalue weighted by atomic mass is 10.0. The number of carbonyl (C=O) groups is 2. The van der Waals surface area contributed by atoms with Crippen molar-refractivity contribution in [1.29, 1.82) is 0 Å². The number of hydrogen-bond donors (Lipinski definition) is 2. The summed E-state index contributed by atoms with van der Waals surface area (Å²) < 4.78 is 5.09. The molecule has 1 unspecified atom stereocenters. The van der Waals surface area contributed by atoms with Gasteiger partial charge in [-0.15, -0.1) is 0 Å². The van der Waals surface area contributed by atoms with Gasteiger partial charge in [0.1, 0.15) is 0 Å². The molecule has 1 atom stereocenters. The first-order valence-electron chi connectivity index (χ1n) is 7.71. The largest absolute Gasteiger partial charge is 0.383 e. The SMILES string of the molecule is CCC(COC)NC(=O)c1cccc(-c2ncccc2C(N)=O)c1. The third-order valence-corrected chi connectivity index (χ3v) is 3.67. The van der Waals surface area contributed by atoms with Gasteiger partial charge < -0.3 is 15.8 Å². The summed E-state index contributed by atoms with van der Waals surface area (Å²) in [6, 6.07) is 10.2. The summed E-state index contributed by atoms with van der Waals surface area (Å²) in [5, 5.41) is 2.92. The van der Waals surface area contributed by atoms with Crippen molar-refractivity contribution < 1.29 is 14.3 Å². The monoisotopic (exact) mass is 327 g/mol. The highest BCUT2D eigenvalue weighted by atomic mass is 16.5. The number of amides is 2. The molecule has 0 aliphatic heterocycles. The predicted octanol–water partition coefficient (Wildman–Crippen LogP) is 2.00. The second-order valence-electron chi connectivity index (χ2n) is 5.38. The van der Waals surface area contributed by atoms with Crippen LogP contribution in [-0.4, -0.2) is 36.6 Å². The Labute approximate surface area is 141 Å². The molecule has 2 aromatic rings. The standard InChI is InChI=1S/C18H21N3O3/c1-3-14(11-24-2)21-18(23)13-7-4-6-12(10-13)16-15(17(19)22)8-5-9-20-16/h4-10,14H,3,11H2,1-2H3,(H2,19,22)(H,21,23). The lowest BCUT2D eigenvalue weighted by molar-refractivity contribution is 0.0894. The number of rotatable bonds is 7. The van der Waals surface area contributed by atoms with Crippen molar-refractivity contribution >= 4 is 11.8 Å². The van der Waals surface area contributed by atoms with E-state index in [0.717, 1.165) is 6.42 Å². The summed E-state index contributed by atoms with van der Waals surface area (Å²) in [6.07, 6.45) is 2.35. The first kappa shape index (κ1) is 17.6. The predicted molar refractivity (Wildman–Crippen MR) is 91.6 cm³/mol. The van der Waals surface area contributed by atoms with E-state index in [1.165, 1.54) is 0 Å². The number of aromatic nitrogens is 1. The van der Waals surface area contributed by atoms with Gasteiger partial charge in [-0.3, -0.25) is 14.6 Å². The molecule has 0 fully saturated rings. The van der Waals surface area contributed by atoms with Crippen molar-refractivity contribution in [3.63, 3.8) is 0 Å². The zero-order chi connectivity index (χ0) is 17.5. The number of carbonyl (C=O) groups excluding carboxylic acids is 2. The van der Waals surface area contributed by atoms with Crippen molar-refractivity contribution in [2.45, 2.75) is 19.4 Å². The summed E-state index contributed by atoms with van der Waals surface area (Å²) in [6.45, 7) is 2.43. The van der Waals surface area contributed by atoms with Crippen LogP contribution in [-0.2, 0) is 4.74 Å². The third-order valence-electron chi connectivity index (χ3n) is 3.67. The van der Waals surface area contributed by atoms with E-state index in [4.69, 9.17) is 10.5 Å². The van der Waals surface area contributed by atoms with Crippen molar-refractivity contribution in [1.82, 2.24) is 10.3 Å². The number of methoxy groups -OCH3 is 1. The van der Waals surface area contributed by atoms with E-state index < -0.39 is 5.91 Å². The number of primary amides is 1. The van der Waals surface area contributed by atoms with E-state index in [9.17, 15) is 9.59 Å². The molecule has 1 heterocycles. The zero-order valence-electron chi connectivity index (χ0n) is 13.8. The minimum absolute atomic E-state index is 0.0535. The Morgan fingerprint density at radius 3 is 2.75 bits per heavy atom. The van der Waals surface area contributed by atoms with Crippen LogP contribution in [0.15, 0.2) is 42.6 Å². The third kappa shape index (κ3) is 4.17. The summed E-state index contributed by atoms with van der Waals surface area (Å²) >= 11 is 0. The van der Waals surface area contributed by atoms with Crippen molar-refractivity contribution in [2.75, 3.05) is 13.7 Å². The van der Waals surface area contributed by atoms with Gasteiger partial charge in [0.2, 0.25) is 0 Å². The highest BCUT2D eigenvalue weighted by Gasteiger charge is 2.15. The molecule has 24 heavy (non-hydrogen) atoms. The normalized spacial score (nSPS) is 11.8. The molecule has 126 valence electrons. The van der Waals surface area contributed by atoms with Crippen LogP contribution in [0.1, 0.15) is 34.1 Å². The molecular weight excluding hydrogens is 306 g/mol. The first-order chi connectivity index (χ1) is 11.6. The molecule has 3 N–H and O–H groups in total. The molecule has 1 aromatic carbocycles. The van der Waals surface area contributed by atoms with Gasteiger partial charge in [-0.1, -0.05) is 19.1 Å². The molecule has 6 heteroatoms. The van der Waals surface area contributed by atoms with E-state index in [1.807, 2.05) is 6.92 Å². The lowest BCUT2D eigenvalue weighted by Gasteiger charge is -2.16. The van der Waals surface area contributed by atoms with Gasteiger partial charge in [0.25, 0.3) is 11.8 Å². The fourth-order valence-corrected chi connectivity index (χ4v) is 2.37. The van der Waals surface area contributed by atoms with E-state index in [-0.39, 0.29) is 11.9 Å². The molecule has 2 amide bonds. The molecule has 0 aliphatic carbocycles. The Bertz CT molecular complexity index is 731. The minimum Gasteiger partial charge on any atom is -0.383 e. The smallest absolute Gasteiger partial charge is 0.251 e.